The molecule has 0 spiro atoms. The zero-order valence-corrected chi connectivity index (χ0v) is 12.7. The third-order valence-electron chi connectivity index (χ3n) is 3.06. The summed E-state index contributed by atoms with van der Waals surface area (Å²) in [6.45, 7) is 0. The van der Waals surface area contributed by atoms with Crippen molar-refractivity contribution in [3.8, 4) is 0 Å². The van der Waals surface area contributed by atoms with Crippen LogP contribution in [0.2, 0.25) is 0 Å². The zero-order valence-electron chi connectivity index (χ0n) is 11.8. The molecule has 2 aromatic rings. The molecule has 23 heavy (non-hydrogen) atoms. The van der Waals surface area contributed by atoms with Crippen molar-refractivity contribution in [3.63, 3.8) is 0 Å². The number of sulfone groups is 1. The van der Waals surface area contributed by atoms with Crippen LogP contribution in [0.3, 0.4) is 0 Å². The summed E-state index contributed by atoms with van der Waals surface area (Å²) < 4.78 is 69.7. The Morgan fingerprint density at radius 1 is 1.13 bits per heavy atom. The van der Waals surface area contributed by atoms with Crippen LogP contribution in [0.25, 0.3) is 0 Å². The lowest BCUT2D eigenvalue weighted by molar-refractivity contribution is 0.0595. The van der Waals surface area contributed by atoms with Gasteiger partial charge in [-0.3, -0.25) is 0 Å². The highest BCUT2D eigenvalue weighted by Gasteiger charge is 2.24. The lowest BCUT2D eigenvalue weighted by Gasteiger charge is -2.09. The van der Waals surface area contributed by atoms with Gasteiger partial charge < -0.3 is 4.74 Å². The van der Waals surface area contributed by atoms with E-state index in [1.54, 1.807) is 0 Å². The Bertz CT molecular complexity index is 863. The number of halogens is 3. The van der Waals surface area contributed by atoms with Gasteiger partial charge in [0.05, 0.1) is 18.4 Å². The van der Waals surface area contributed by atoms with Gasteiger partial charge in [0.15, 0.2) is 9.84 Å². The van der Waals surface area contributed by atoms with Crippen molar-refractivity contribution in [1.29, 1.82) is 0 Å². The number of ether oxygens (including phenoxy) is 1. The quantitative estimate of drug-likeness (QED) is 0.800. The van der Waals surface area contributed by atoms with Gasteiger partial charge in [-0.1, -0.05) is 12.1 Å². The van der Waals surface area contributed by atoms with E-state index in [1.807, 2.05) is 0 Å². The van der Waals surface area contributed by atoms with Crippen LogP contribution < -0.4 is 0 Å². The van der Waals surface area contributed by atoms with Gasteiger partial charge in [0.25, 0.3) is 0 Å². The van der Waals surface area contributed by atoms with Gasteiger partial charge >= 0.3 is 5.97 Å². The van der Waals surface area contributed by atoms with Crippen molar-refractivity contribution in [2.45, 2.75) is 10.6 Å². The van der Waals surface area contributed by atoms with Crippen LogP contribution in [0, 0.1) is 17.5 Å². The standard InChI is InChI=1S/C15H11F3O4S/c1-22-15(19)11-4-2-3-9(14(11)18)8-23(20,21)13-7-10(16)5-6-12(13)17/h2-7H,8H2,1H3. The summed E-state index contributed by atoms with van der Waals surface area (Å²) in [5.41, 5.74) is -0.795. The van der Waals surface area contributed by atoms with Crippen LogP contribution in [-0.4, -0.2) is 21.5 Å². The lowest BCUT2D eigenvalue weighted by atomic mass is 10.1. The molecule has 2 aromatic carbocycles. The molecule has 0 saturated heterocycles. The monoisotopic (exact) mass is 344 g/mol. The summed E-state index contributed by atoms with van der Waals surface area (Å²) in [7, 11) is -3.30. The molecule has 8 heteroatoms. The SMILES string of the molecule is COC(=O)c1cccc(CS(=O)(=O)c2cc(F)ccc2F)c1F. The van der Waals surface area contributed by atoms with Crippen molar-refractivity contribution in [2.75, 3.05) is 7.11 Å². The van der Waals surface area contributed by atoms with Crippen LogP contribution in [0.4, 0.5) is 13.2 Å². The average Bonchev–Trinajstić information content (AvgIpc) is 2.50. The van der Waals surface area contributed by atoms with Gasteiger partial charge in [0.1, 0.15) is 22.3 Å². The van der Waals surface area contributed by atoms with Crippen LogP contribution >= 0.6 is 0 Å². The van der Waals surface area contributed by atoms with Crippen LogP contribution in [-0.2, 0) is 20.3 Å². The van der Waals surface area contributed by atoms with Gasteiger partial charge in [-0.15, -0.1) is 0 Å². The largest absolute Gasteiger partial charge is 0.465 e. The molecule has 0 atom stereocenters. The van der Waals surface area contributed by atoms with Crippen molar-refractivity contribution >= 4 is 15.8 Å². The van der Waals surface area contributed by atoms with E-state index in [9.17, 15) is 26.4 Å². The Balaban J connectivity index is 2.46. The van der Waals surface area contributed by atoms with E-state index in [2.05, 4.69) is 4.74 Å². The van der Waals surface area contributed by atoms with E-state index in [0.29, 0.717) is 12.1 Å². The van der Waals surface area contributed by atoms with Crippen molar-refractivity contribution in [1.82, 2.24) is 0 Å². The maximum Gasteiger partial charge on any atom is 0.340 e. The summed E-state index contributed by atoms with van der Waals surface area (Å²) in [5, 5.41) is 0. The van der Waals surface area contributed by atoms with Gasteiger partial charge in [-0.25, -0.2) is 26.4 Å². The molecule has 0 aliphatic carbocycles. The number of methoxy groups -OCH3 is 1. The second-order valence-electron chi connectivity index (χ2n) is 4.60. The minimum Gasteiger partial charge on any atom is -0.465 e. The molecular formula is C15H11F3O4S. The van der Waals surface area contributed by atoms with Gasteiger partial charge in [-0.05, 0) is 24.3 Å². The molecule has 0 aliphatic rings. The second-order valence-corrected chi connectivity index (χ2v) is 6.56. The molecule has 0 aromatic heterocycles. The van der Waals surface area contributed by atoms with Gasteiger partial charge in [0.2, 0.25) is 0 Å². The fourth-order valence-electron chi connectivity index (χ4n) is 1.96. The molecule has 0 aliphatic heterocycles. The van der Waals surface area contributed by atoms with Crippen molar-refractivity contribution < 1.29 is 31.1 Å². The first-order valence-electron chi connectivity index (χ1n) is 6.30. The summed E-state index contributed by atoms with van der Waals surface area (Å²) in [4.78, 5) is 10.5. The molecule has 2 rings (SSSR count). The summed E-state index contributed by atoms with van der Waals surface area (Å²) in [5.74, 6) is -5.06. The summed E-state index contributed by atoms with van der Waals surface area (Å²) in [6, 6.07) is 5.49. The predicted molar refractivity (Wildman–Crippen MR) is 75.0 cm³/mol. The van der Waals surface area contributed by atoms with Gasteiger partial charge in [-0.2, -0.15) is 0 Å². The van der Waals surface area contributed by atoms with E-state index < -0.39 is 49.5 Å². The molecule has 0 bridgehead atoms. The predicted octanol–water partition coefficient (Wildman–Crippen LogP) is 2.86. The van der Waals surface area contributed by atoms with E-state index in [-0.39, 0.29) is 5.56 Å². The van der Waals surface area contributed by atoms with Crippen molar-refractivity contribution in [3.05, 3.63) is 65.0 Å². The summed E-state index contributed by atoms with van der Waals surface area (Å²) in [6.07, 6.45) is 0. The number of esters is 1. The minimum atomic E-state index is -4.35. The fourth-order valence-corrected chi connectivity index (χ4v) is 3.40. The molecule has 122 valence electrons. The first kappa shape index (κ1) is 17.0. The highest BCUT2D eigenvalue weighted by molar-refractivity contribution is 7.90. The lowest BCUT2D eigenvalue weighted by Crippen LogP contribution is -2.12. The van der Waals surface area contributed by atoms with Gasteiger partial charge in [0, 0.05) is 5.56 Å². The normalized spacial score (nSPS) is 11.3. The molecule has 0 fully saturated rings. The first-order valence-corrected chi connectivity index (χ1v) is 7.95. The Labute approximate surface area is 130 Å². The highest BCUT2D eigenvalue weighted by atomic mass is 32.2. The first-order chi connectivity index (χ1) is 10.8. The third-order valence-corrected chi connectivity index (χ3v) is 4.73. The van der Waals surface area contributed by atoms with E-state index in [4.69, 9.17) is 0 Å². The fraction of sp³-hybridized carbons (Fsp3) is 0.133. The third kappa shape index (κ3) is 3.53. The molecule has 0 radical (unpaired) electrons. The number of rotatable bonds is 4. The molecule has 0 amide bonds. The Morgan fingerprint density at radius 2 is 1.83 bits per heavy atom. The Kier molecular flexibility index (Phi) is 4.74. The Hall–Kier alpha value is -2.35. The number of carbonyl (C=O) groups excluding carboxylic acids is 1. The van der Waals surface area contributed by atoms with Crippen LogP contribution in [0.15, 0.2) is 41.3 Å². The van der Waals surface area contributed by atoms with E-state index >= 15 is 0 Å². The minimum absolute atomic E-state index is 0.350. The van der Waals surface area contributed by atoms with Crippen molar-refractivity contribution in [2.24, 2.45) is 0 Å². The van der Waals surface area contributed by atoms with Crippen LogP contribution in [0.5, 0.6) is 0 Å². The highest BCUT2D eigenvalue weighted by Crippen LogP contribution is 2.23. The maximum absolute atomic E-state index is 14.2. The molecule has 4 nitrogen and oxygen atoms in total. The number of hydrogen-bond donors (Lipinski definition) is 0. The molecule has 0 heterocycles. The molecule has 0 N–H and O–H groups in total. The molecular weight excluding hydrogens is 333 g/mol. The number of hydrogen-bond acceptors (Lipinski definition) is 4. The van der Waals surface area contributed by atoms with E-state index in [1.165, 1.54) is 6.07 Å². The Morgan fingerprint density at radius 3 is 2.48 bits per heavy atom. The molecule has 0 saturated carbocycles. The van der Waals surface area contributed by atoms with E-state index in [0.717, 1.165) is 25.3 Å². The second kappa shape index (κ2) is 6.41. The average molecular weight is 344 g/mol. The summed E-state index contributed by atoms with van der Waals surface area (Å²) >= 11 is 0. The number of carbonyl (C=O) groups is 1. The topological polar surface area (TPSA) is 60.4 Å². The molecule has 0 unspecified atom stereocenters. The maximum atomic E-state index is 14.2. The zero-order chi connectivity index (χ0) is 17.2. The smallest absolute Gasteiger partial charge is 0.340 e. The number of benzene rings is 2. The van der Waals surface area contributed by atoms with Crippen LogP contribution in [0.1, 0.15) is 15.9 Å².